The molecule has 5 nitrogen and oxygen atoms in total. The molecule has 5 heteroatoms. The molecule has 0 radical (unpaired) electrons. The molecule has 102 valence electrons. The van der Waals surface area contributed by atoms with Crippen molar-refractivity contribution in [2.24, 2.45) is 0 Å². The Bertz CT molecular complexity index is 742. The van der Waals surface area contributed by atoms with Crippen LogP contribution in [0.4, 0.5) is 0 Å². The van der Waals surface area contributed by atoms with E-state index in [0.29, 0.717) is 18.0 Å². The van der Waals surface area contributed by atoms with E-state index in [1.165, 1.54) is 17.3 Å². The number of rotatable bonds is 4. The molecule has 3 rings (SSSR count). The van der Waals surface area contributed by atoms with Crippen LogP contribution in [0.25, 0.3) is 10.9 Å². The van der Waals surface area contributed by atoms with Gasteiger partial charge in [-0.15, -0.1) is 0 Å². The van der Waals surface area contributed by atoms with Gasteiger partial charge in [0.2, 0.25) is 0 Å². The van der Waals surface area contributed by atoms with E-state index in [1.807, 2.05) is 24.4 Å². The molecule has 2 heterocycles. The van der Waals surface area contributed by atoms with Crippen molar-refractivity contribution in [1.29, 1.82) is 0 Å². The maximum atomic E-state index is 11.9. The first kappa shape index (κ1) is 12.5. The molecule has 0 unspecified atom stereocenters. The van der Waals surface area contributed by atoms with Crippen molar-refractivity contribution in [2.45, 2.75) is 13.3 Å². The zero-order valence-electron chi connectivity index (χ0n) is 11.1. The zero-order chi connectivity index (χ0) is 13.9. The third kappa shape index (κ3) is 2.30. The molecule has 20 heavy (non-hydrogen) atoms. The summed E-state index contributed by atoms with van der Waals surface area (Å²) in [7, 11) is 0. The number of aromatic nitrogens is 2. The summed E-state index contributed by atoms with van der Waals surface area (Å²) in [5, 5.41) is 4.05. The molecule has 3 aromatic rings. The molecule has 1 aromatic carbocycles. The second kappa shape index (κ2) is 5.21. The van der Waals surface area contributed by atoms with Crippen molar-refractivity contribution in [3.8, 4) is 0 Å². The molecular weight excluding hydrogens is 254 g/mol. The standard InChI is InChI=1S/C15H15N3O2/c1-10-14(18-9-20-10)15(19)16-7-6-11-8-17-13-5-3-2-4-12(11)13/h2-5,8-9,17H,6-7H2,1H3,(H,16,19). The van der Waals surface area contributed by atoms with Crippen molar-refractivity contribution in [1.82, 2.24) is 15.3 Å². The van der Waals surface area contributed by atoms with Gasteiger partial charge >= 0.3 is 0 Å². The second-order valence-electron chi connectivity index (χ2n) is 4.62. The Balaban J connectivity index is 1.63. The van der Waals surface area contributed by atoms with Crippen molar-refractivity contribution in [3.05, 3.63) is 53.9 Å². The summed E-state index contributed by atoms with van der Waals surface area (Å²) < 4.78 is 5.02. The van der Waals surface area contributed by atoms with Crippen molar-refractivity contribution in [2.75, 3.05) is 6.54 Å². The maximum absolute atomic E-state index is 11.9. The lowest BCUT2D eigenvalue weighted by Gasteiger charge is -2.03. The Morgan fingerprint density at radius 2 is 2.25 bits per heavy atom. The maximum Gasteiger partial charge on any atom is 0.273 e. The Morgan fingerprint density at radius 1 is 1.40 bits per heavy atom. The third-order valence-electron chi connectivity index (χ3n) is 3.31. The van der Waals surface area contributed by atoms with Gasteiger partial charge in [0.15, 0.2) is 12.1 Å². The normalized spacial score (nSPS) is 10.8. The lowest BCUT2D eigenvalue weighted by Crippen LogP contribution is -2.26. The molecular formula is C15H15N3O2. The van der Waals surface area contributed by atoms with Gasteiger partial charge in [0, 0.05) is 23.6 Å². The van der Waals surface area contributed by atoms with Gasteiger partial charge in [0.1, 0.15) is 5.76 Å². The fourth-order valence-corrected chi connectivity index (χ4v) is 2.26. The average molecular weight is 269 g/mol. The van der Waals surface area contributed by atoms with Gasteiger partial charge in [-0.05, 0) is 25.0 Å². The third-order valence-corrected chi connectivity index (χ3v) is 3.31. The Kier molecular flexibility index (Phi) is 3.25. The van der Waals surface area contributed by atoms with E-state index < -0.39 is 0 Å². The molecule has 0 saturated carbocycles. The number of para-hydroxylation sites is 1. The van der Waals surface area contributed by atoms with Gasteiger partial charge in [0.25, 0.3) is 5.91 Å². The van der Waals surface area contributed by atoms with Crippen LogP contribution >= 0.6 is 0 Å². The highest BCUT2D eigenvalue weighted by molar-refractivity contribution is 5.93. The predicted octanol–water partition coefficient (Wildman–Crippen LogP) is 2.44. The van der Waals surface area contributed by atoms with Crippen LogP contribution in [0.2, 0.25) is 0 Å². The van der Waals surface area contributed by atoms with Crippen molar-refractivity contribution < 1.29 is 9.21 Å². The van der Waals surface area contributed by atoms with Crippen LogP contribution in [0.15, 0.2) is 41.3 Å². The minimum atomic E-state index is -0.198. The van der Waals surface area contributed by atoms with E-state index in [-0.39, 0.29) is 5.91 Å². The number of H-pyrrole nitrogens is 1. The minimum Gasteiger partial charge on any atom is -0.448 e. The van der Waals surface area contributed by atoms with Crippen LogP contribution in [0.1, 0.15) is 21.8 Å². The first-order valence-electron chi connectivity index (χ1n) is 6.49. The average Bonchev–Trinajstić information content (AvgIpc) is 3.05. The van der Waals surface area contributed by atoms with Crippen LogP contribution in [0, 0.1) is 6.92 Å². The summed E-state index contributed by atoms with van der Waals surface area (Å²) in [6, 6.07) is 8.12. The first-order valence-corrected chi connectivity index (χ1v) is 6.49. The first-order chi connectivity index (χ1) is 9.75. The van der Waals surface area contributed by atoms with E-state index in [1.54, 1.807) is 6.92 Å². The van der Waals surface area contributed by atoms with Gasteiger partial charge in [-0.1, -0.05) is 18.2 Å². The fourth-order valence-electron chi connectivity index (χ4n) is 2.26. The largest absolute Gasteiger partial charge is 0.448 e. The second-order valence-corrected chi connectivity index (χ2v) is 4.62. The monoisotopic (exact) mass is 269 g/mol. The van der Waals surface area contributed by atoms with Crippen molar-refractivity contribution in [3.63, 3.8) is 0 Å². The molecule has 2 aromatic heterocycles. The summed E-state index contributed by atoms with van der Waals surface area (Å²) in [6.45, 7) is 2.29. The summed E-state index contributed by atoms with van der Waals surface area (Å²) in [6.07, 6.45) is 4.04. The quantitative estimate of drug-likeness (QED) is 0.764. The summed E-state index contributed by atoms with van der Waals surface area (Å²) in [4.78, 5) is 19.0. The van der Waals surface area contributed by atoms with Gasteiger partial charge in [-0.25, -0.2) is 4.98 Å². The van der Waals surface area contributed by atoms with Crippen molar-refractivity contribution >= 4 is 16.8 Å². The molecule has 0 saturated heterocycles. The van der Waals surface area contributed by atoms with Gasteiger partial charge in [-0.2, -0.15) is 0 Å². The number of aromatic amines is 1. The van der Waals surface area contributed by atoms with E-state index in [4.69, 9.17) is 4.42 Å². The number of benzene rings is 1. The zero-order valence-corrected chi connectivity index (χ0v) is 11.1. The van der Waals surface area contributed by atoms with Gasteiger partial charge < -0.3 is 14.7 Å². The topological polar surface area (TPSA) is 70.9 Å². The molecule has 1 amide bonds. The van der Waals surface area contributed by atoms with Crippen LogP contribution in [-0.2, 0) is 6.42 Å². The molecule has 2 N–H and O–H groups in total. The number of amides is 1. The Morgan fingerprint density at radius 3 is 3.05 bits per heavy atom. The van der Waals surface area contributed by atoms with E-state index in [2.05, 4.69) is 21.4 Å². The molecule has 0 aliphatic rings. The minimum absolute atomic E-state index is 0.198. The summed E-state index contributed by atoms with van der Waals surface area (Å²) >= 11 is 0. The number of oxazole rings is 1. The lowest BCUT2D eigenvalue weighted by atomic mass is 10.1. The molecule has 0 bridgehead atoms. The molecule has 0 aliphatic carbocycles. The highest BCUT2D eigenvalue weighted by Crippen LogP contribution is 2.17. The fraction of sp³-hybridized carbons (Fsp3) is 0.200. The number of carbonyl (C=O) groups excluding carboxylic acids is 1. The molecule has 0 aliphatic heterocycles. The van der Waals surface area contributed by atoms with Crippen LogP contribution in [-0.4, -0.2) is 22.4 Å². The lowest BCUT2D eigenvalue weighted by molar-refractivity contribution is 0.0948. The Labute approximate surface area is 116 Å². The summed E-state index contributed by atoms with van der Waals surface area (Å²) in [5.41, 5.74) is 2.66. The van der Waals surface area contributed by atoms with Crippen LogP contribution in [0.3, 0.4) is 0 Å². The predicted molar refractivity (Wildman–Crippen MR) is 75.6 cm³/mol. The molecule has 0 spiro atoms. The number of carbonyl (C=O) groups is 1. The summed E-state index contributed by atoms with van der Waals surface area (Å²) in [5.74, 6) is 0.339. The molecule has 0 fully saturated rings. The van der Waals surface area contributed by atoms with E-state index in [9.17, 15) is 4.79 Å². The number of hydrogen-bond donors (Lipinski definition) is 2. The van der Waals surface area contributed by atoms with Crippen LogP contribution in [0.5, 0.6) is 0 Å². The SMILES string of the molecule is Cc1ocnc1C(=O)NCCc1c[nH]c2ccccc12. The van der Waals surface area contributed by atoms with E-state index >= 15 is 0 Å². The number of hydrogen-bond acceptors (Lipinski definition) is 3. The highest BCUT2D eigenvalue weighted by atomic mass is 16.3. The Hall–Kier alpha value is -2.56. The number of aryl methyl sites for hydroxylation is 1. The number of nitrogens with one attached hydrogen (secondary N) is 2. The highest BCUT2D eigenvalue weighted by Gasteiger charge is 2.12. The molecule has 0 atom stereocenters. The smallest absolute Gasteiger partial charge is 0.273 e. The van der Waals surface area contributed by atoms with Gasteiger partial charge in [0.05, 0.1) is 0 Å². The van der Waals surface area contributed by atoms with Crippen LogP contribution < -0.4 is 5.32 Å². The van der Waals surface area contributed by atoms with E-state index in [0.717, 1.165) is 11.9 Å². The number of fused-ring (bicyclic) bond motifs is 1. The number of nitrogens with zero attached hydrogens (tertiary/aromatic N) is 1. The van der Waals surface area contributed by atoms with Gasteiger partial charge in [-0.3, -0.25) is 4.79 Å².